The van der Waals surface area contributed by atoms with E-state index in [-0.39, 0.29) is 0 Å². The molecule has 1 aliphatic heterocycles. The van der Waals surface area contributed by atoms with Crippen LogP contribution in [0.2, 0.25) is 0 Å². The largest absolute Gasteiger partial charge is 0.264 e. The zero-order valence-electron chi connectivity index (χ0n) is 22.2. The van der Waals surface area contributed by atoms with Crippen LogP contribution >= 0.6 is 10.0 Å². The highest BCUT2D eigenvalue weighted by Crippen LogP contribution is 2.73. The summed E-state index contributed by atoms with van der Waals surface area (Å²) in [5.41, 5.74) is 11.8. The Morgan fingerprint density at radius 2 is 1.12 bits per heavy atom. The van der Waals surface area contributed by atoms with Crippen molar-refractivity contribution in [2.24, 2.45) is 4.99 Å². The minimum absolute atomic E-state index is 0.949. The number of aromatic nitrogens is 1. The van der Waals surface area contributed by atoms with Crippen molar-refractivity contribution in [3.8, 4) is 11.1 Å². The van der Waals surface area contributed by atoms with Gasteiger partial charge in [0.15, 0.2) is 0 Å². The molecule has 0 bridgehead atoms. The van der Waals surface area contributed by atoms with Crippen molar-refractivity contribution < 1.29 is 0 Å². The number of benzene rings is 4. The zero-order chi connectivity index (χ0) is 27.2. The summed E-state index contributed by atoms with van der Waals surface area (Å²) in [7, 11) is -1.79. The van der Waals surface area contributed by atoms with Gasteiger partial charge in [-0.15, -0.1) is 15.8 Å². The molecule has 1 aliphatic rings. The number of hydrogen-bond donors (Lipinski definition) is 0. The number of hydrogen-bond acceptors (Lipinski definition) is 2. The molecule has 0 unspecified atom stereocenters. The van der Waals surface area contributed by atoms with Crippen molar-refractivity contribution in [1.82, 2.24) is 4.98 Å². The molecule has 0 radical (unpaired) electrons. The van der Waals surface area contributed by atoms with E-state index in [9.17, 15) is 0 Å². The van der Waals surface area contributed by atoms with E-state index in [1.54, 1.807) is 6.20 Å². The van der Waals surface area contributed by atoms with Gasteiger partial charge in [0.05, 0.1) is 6.20 Å². The maximum Gasteiger partial charge on any atom is 0.0689 e. The Balaban J connectivity index is 1.55. The average Bonchev–Trinajstić information content (AvgIpc) is 3.02. The molecule has 5 aromatic rings. The van der Waals surface area contributed by atoms with Crippen LogP contribution in [0.15, 0.2) is 188 Å². The van der Waals surface area contributed by atoms with Crippen LogP contribution in [0, 0.1) is 0 Å². The molecule has 0 saturated heterocycles. The van der Waals surface area contributed by atoms with Crippen molar-refractivity contribution >= 4 is 21.8 Å². The van der Waals surface area contributed by atoms with E-state index in [1.165, 1.54) is 19.6 Å². The topological polar surface area (TPSA) is 25.2 Å². The molecule has 0 aliphatic carbocycles. The number of rotatable bonds is 6. The van der Waals surface area contributed by atoms with Crippen LogP contribution in [-0.2, 0) is 0 Å². The van der Waals surface area contributed by atoms with Crippen molar-refractivity contribution in [1.29, 1.82) is 0 Å². The predicted octanol–water partition coefficient (Wildman–Crippen LogP) is 9.77. The van der Waals surface area contributed by atoms with Gasteiger partial charge in [0.1, 0.15) is 0 Å². The fraction of sp³-hybridized carbons (Fsp3) is 0.0270. The Morgan fingerprint density at radius 3 is 1.70 bits per heavy atom. The van der Waals surface area contributed by atoms with Gasteiger partial charge >= 0.3 is 0 Å². The lowest BCUT2D eigenvalue weighted by molar-refractivity contribution is 1.24. The molecule has 2 nitrogen and oxygen atoms in total. The molecule has 0 amide bonds. The van der Waals surface area contributed by atoms with Gasteiger partial charge in [0.25, 0.3) is 0 Å². The van der Waals surface area contributed by atoms with Gasteiger partial charge in [-0.1, -0.05) is 72.5 Å². The van der Waals surface area contributed by atoms with Crippen LogP contribution < -0.4 is 0 Å². The lowest BCUT2D eigenvalue weighted by atomic mass is 10.1. The van der Waals surface area contributed by atoms with E-state index in [2.05, 4.69) is 137 Å². The smallest absolute Gasteiger partial charge is 0.0689 e. The molecule has 3 heteroatoms. The summed E-state index contributed by atoms with van der Waals surface area (Å²) in [6.45, 7) is 2.00. The third-order valence-corrected chi connectivity index (χ3v) is 10.8. The number of pyridine rings is 1. The van der Waals surface area contributed by atoms with Crippen LogP contribution in [0.25, 0.3) is 16.7 Å². The number of nitrogens with zero attached hydrogens (tertiary/aromatic N) is 2. The normalized spacial score (nSPS) is 13.2. The highest BCUT2D eigenvalue weighted by molar-refractivity contribution is 8.34. The summed E-state index contributed by atoms with van der Waals surface area (Å²) in [4.78, 5) is 13.8. The molecule has 0 spiro atoms. The summed E-state index contributed by atoms with van der Waals surface area (Å²) >= 11 is 0. The second-order valence-electron chi connectivity index (χ2n) is 9.47. The fourth-order valence-corrected chi connectivity index (χ4v) is 8.82. The molecule has 0 N–H and O–H groups in total. The van der Waals surface area contributed by atoms with E-state index in [0.29, 0.717) is 0 Å². The number of aliphatic imine (C=N–C) groups is 1. The first-order chi connectivity index (χ1) is 19.7. The number of allylic oxidation sites excluding steroid dienone is 2. The first kappa shape index (κ1) is 25.4. The summed E-state index contributed by atoms with van der Waals surface area (Å²) in [5, 5.41) is 0. The first-order valence-electron chi connectivity index (χ1n) is 13.2. The average molecular weight is 533 g/mol. The molecule has 0 atom stereocenters. The molecule has 0 saturated carbocycles. The zero-order valence-corrected chi connectivity index (χ0v) is 23.1. The SMILES string of the molecule is CC1=C=CN=CC(c2ccc(S(c3ccccc3)(c3ccccc3)c3ccc(-c4cccnc4)cc3)cc2)=C=C1. The standard InChI is InChI=1S/C37H28N2S/c1-29-14-15-33(28-39-26-24-29)31-18-22-37(23-19-31)40(34-10-4-2-5-11-34,35-12-6-3-7-13-35)36-20-16-30(17-21-36)32-9-8-25-38-27-32/h2-14,16-23,25-28H,1H3. The summed E-state index contributed by atoms with van der Waals surface area (Å²) in [6, 6.07) is 43.8. The first-order valence-corrected chi connectivity index (χ1v) is 14.8. The summed E-state index contributed by atoms with van der Waals surface area (Å²) < 4.78 is 0. The predicted molar refractivity (Wildman–Crippen MR) is 167 cm³/mol. The highest BCUT2D eigenvalue weighted by Gasteiger charge is 2.33. The van der Waals surface area contributed by atoms with Gasteiger partial charge in [0.2, 0.25) is 0 Å². The molecule has 6 rings (SSSR count). The van der Waals surface area contributed by atoms with E-state index in [0.717, 1.165) is 27.8 Å². The van der Waals surface area contributed by atoms with Crippen LogP contribution in [0.5, 0.6) is 0 Å². The summed E-state index contributed by atoms with van der Waals surface area (Å²) in [6.07, 6.45) is 9.23. The van der Waals surface area contributed by atoms with Crippen molar-refractivity contribution in [2.75, 3.05) is 0 Å². The second kappa shape index (κ2) is 11.5. The molecule has 0 fully saturated rings. The third kappa shape index (κ3) is 4.94. The van der Waals surface area contributed by atoms with Gasteiger partial charge < -0.3 is 0 Å². The second-order valence-corrected chi connectivity index (χ2v) is 12.6. The fourth-order valence-electron chi connectivity index (χ4n) is 4.96. The van der Waals surface area contributed by atoms with E-state index >= 15 is 0 Å². The maximum absolute atomic E-state index is 4.39. The molecular weight excluding hydrogens is 504 g/mol. The van der Waals surface area contributed by atoms with Crippen molar-refractivity contribution in [3.05, 3.63) is 169 Å². The van der Waals surface area contributed by atoms with Crippen molar-refractivity contribution in [3.63, 3.8) is 0 Å². The van der Waals surface area contributed by atoms with E-state index < -0.39 is 10.0 Å². The van der Waals surface area contributed by atoms with E-state index in [4.69, 9.17) is 0 Å². The van der Waals surface area contributed by atoms with Gasteiger partial charge in [-0.25, -0.2) is 0 Å². The monoisotopic (exact) mass is 532 g/mol. The van der Waals surface area contributed by atoms with Gasteiger partial charge in [-0.2, -0.15) is 0 Å². The van der Waals surface area contributed by atoms with Crippen LogP contribution in [0.3, 0.4) is 0 Å². The Labute approximate surface area is 237 Å². The molecular formula is C37H28N2S. The molecule has 40 heavy (non-hydrogen) atoms. The van der Waals surface area contributed by atoms with Gasteiger partial charge in [0, 0.05) is 49.3 Å². The quantitative estimate of drug-likeness (QED) is 0.200. The Bertz CT molecular complexity index is 1730. The van der Waals surface area contributed by atoms with Gasteiger partial charge in [-0.05, 0) is 84.3 Å². The lowest BCUT2D eigenvalue weighted by Gasteiger charge is -2.42. The molecule has 192 valence electrons. The Hall–Kier alpha value is -4.91. The maximum atomic E-state index is 4.39. The van der Waals surface area contributed by atoms with Crippen LogP contribution in [0.4, 0.5) is 0 Å². The minimum Gasteiger partial charge on any atom is -0.264 e. The molecule has 4 aromatic carbocycles. The van der Waals surface area contributed by atoms with Crippen LogP contribution in [0.1, 0.15) is 12.5 Å². The Morgan fingerprint density at radius 1 is 0.550 bits per heavy atom. The summed E-state index contributed by atoms with van der Waals surface area (Å²) in [5.74, 6) is 0. The molecule has 1 aromatic heterocycles. The highest BCUT2D eigenvalue weighted by atomic mass is 32.3. The van der Waals surface area contributed by atoms with Crippen LogP contribution in [-0.4, -0.2) is 11.2 Å². The van der Waals surface area contributed by atoms with E-state index in [1.807, 2.05) is 37.7 Å². The lowest BCUT2D eigenvalue weighted by Crippen LogP contribution is -2.05. The molecule has 2 heterocycles. The van der Waals surface area contributed by atoms with Crippen molar-refractivity contribution in [2.45, 2.75) is 26.5 Å². The third-order valence-electron chi connectivity index (χ3n) is 6.93. The Kier molecular flexibility index (Phi) is 7.26. The minimum atomic E-state index is -1.79. The van der Waals surface area contributed by atoms with Gasteiger partial charge in [-0.3, -0.25) is 9.98 Å².